The number of hydrogen-bond donors (Lipinski definition) is 0. The summed E-state index contributed by atoms with van der Waals surface area (Å²) >= 11 is 1.53. The molecule has 0 radical (unpaired) electrons. The summed E-state index contributed by atoms with van der Waals surface area (Å²) in [5.41, 5.74) is 0. The number of carbonyl (C=O) groups excluding carboxylic acids is 1. The van der Waals surface area contributed by atoms with Gasteiger partial charge in [0.15, 0.2) is 0 Å². The minimum absolute atomic E-state index is 0.145. The molecular weight excluding hydrogens is 164 g/mol. The lowest BCUT2D eigenvalue weighted by molar-refractivity contribution is -0.139. The molecule has 0 amide bonds. The van der Waals surface area contributed by atoms with E-state index in [4.69, 9.17) is 9.47 Å². The lowest BCUT2D eigenvalue weighted by Crippen LogP contribution is -2.07. The van der Waals surface area contributed by atoms with Crippen molar-refractivity contribution in [3.8, 4) is 0 Å². The molecule has 0 atom stereocenters. The van der Waals surface area contributed by atoms with Crippen LogP contribution in [0.15, 0.2) is 0 Å². The SMILES string of the molecule is CCOC(=O)CSCCOC. The molecule has 0 spiro atoms. The maximum atomic E-state index is 10.7. The highest BCUT2D eigenvalue weighted by molar-refractivity contribution is 7.99. The first kappa shape index (κ1) is 10.8. The summed E-state index contributed by atoms with van der Waals surface area (Å²) in [6.07, 6.45) is 0. The van der Waals surface area contributed by atoms with Gasteiger partial charge >= 0.3 is 5.97 Å². The summed E-state index contributed by atoms with van der Waals surface area (Å²) in [5.74, 6) is 1.13. The highest BCUT2D eigenvalue weighted by Crippen LogP contribution is 1.99. The number of ether oxygens (including phenoxy) is 2. The third kappa shape index (κ3) is 7.68. The van der Waals surface area contributed by atoms with Crippen molar-refractivity contribution in [1.82, 2.24) is 0 Å². The molecule has 0 aromatic carbocycles. The summed E-state index contributed by atoms with van der Waals surface area (Å²) in [6.45, 7) is 2.95. The van der Waals surface area contributed by atoms with Gasteiger partial charge in [0, 0.05) is 12.9 Å². The fourth-order valence-electron chi connectivity index (χ4n) is 0.500. The molecule has 3 nitrogen and oxygen atoms in total. The normalized spacial score (nSPS) is 9.64. The highest BCUT2D eigenvalue weighted by Gasteiger charge is 1.99. The Bertz CT molecular complexity index is 106. The third-order valence-corrected chi connectivity index (χ3v) is 1.85. The predicted octanol–water partition coefficient (Wildman–Crippen LogP) is 0.929. The van der Waals surface area contributed by atoms with Crippen LogP contribution < -0.4 is 0 Å². The van der Waals surface area contributed by atoms with Crippen LogP contribution in [0, 0.1) is 0 Å². The highest BCUT2D eigenvalue weighted by atomic mass is 32.2. The van der Waals surface area contributed by atoms with E-state index in [0.29, 0.717) is 19.0 Å². The van der Waals surface area contributed by atoms with E-state index in [-0.39, 0.29) is 5.97 Å². The number of thioether (sulfide) groups is 1. The van der Waals surface area contributed by atoms with Gasteiger partial charge < -0.3 is 9.47 Å². The summed E-state index contributed by atoms with van der Waals surface area (Å²) in [5, 5.41) is 0. The number of methoxy groups -OCH3 is 1. The quantitative estimate of drug-likeness (QED) is 0.448. The van der Waals surface area contributed by atoms with Gasteiger partial charge in [-0.15, -0.1) is 11.8 Å². The molecule has 0 unspecified atom stereocenters. The smallest absolute Gasteiger partial charge is 0.315 e. The van der Waals surface area contributed by atoms with E-state index in [0.717, 1.165) is 5.75 Å². The van der Waals surface area contributed by atoms with Crippen LogP contribution in [-0.4, -0.2) is 37.8 Å². The van der Waals surface area contributed by atoms with Gasteiger partial charge in [-0.25, -0.2) is 0 Å². The van der Waals surface area contributed by atoms with Crippen LogP contribution in [0.25, 0.3) is 0 Å². The average Bonchev–Trinajstić information content (AvgIpc) is 1.99. The minimum Gasteiger partial charge on any atom is -0.465 e. The summed E-state index contributed by atoms with van der Waals surface area (Å²) in [6, 6.07) is 0. The molecule has 0 rings (SSSR count). The van der Waals surface area contributed by atoms with Crippen LogP contribution >= 0.6 is 11.8 Å². The third-order valence-electron chi connectivity index (χ3n) is 0.957. The summed E-state index contributed by atoms with van der Waals surface area (Å²) in [7, 11) is 1.64. The molecule has 0 saturated carbocycles. The Balaban J connectivity index is 3.04. The number of esters is 1. The first-order valence-electron chi connectivity index (χ1n) is 3.53. The Kier molecular flexibility index (Phi) is 7.72. The molecule has 4 heteroatoms. The first-order valence-corrected chi connectivity index (χ1v) is 4.69. The van der Waals surface area contributed by atoms with Crippen molar-refractivity contribution in [2.45, 2.75) is 6.92 Å². The predicted molar refractivity (Wildman–Crippen MR) is 45.8 cm³/mol. The maximum absolute atomic E-state index is 10.7. The Morgan fingerprint density at radius 1 is 1.55 bits per heavy atom. The van der Waals surface area contributed by atoms with Crippen LogP contribution in [-0.2, 0) is 14.3 Å². The molecular formula is C7H14O3S. The molecule has 0 aliphatic carbocycles. The molecule has 0 bridgehead atoms. The number of rotatable bonds is 6. The molecule has 0 aliphatic heterocycles. The Morgan fingerprint density at radius 2 is 2.27 bits per heavy atom. The molecule has 0 fully saturated rings. The van der Waals surface area contributed by atoms with Gasteiger partial charge in [-0.1, -0.05) is 0 Å². The van der Waals surface area contributed by atoms with Crippen LogP contribution in [0.2, 0.25) is 0 Å². The van der Waals surface area contributed by atoms with E-state index in [1.165, 1.54) is 11.8 Å². The van der Waals surface area contributed by atoms with Crippen LogP contribution in [0.3, 0.4) is 0 Å². The van der Waals surface area contributed by atoms with Crippen molar-refractivity contribution in [3.63, 3.8) is 0 Å². The topological polar surface area (TPSA) is 35.5 Å². The fourth-order valence-corrected chi connectivity index (χ4v) is 1.18. The second-order valence-corrected chi connectivity index (χ2v) is 2.96. The van der Waals surface area contributed by atoms with Crippen molar-refractivity contribution in [2.24, 2.45) is 0 Å². The van der Waals surface area contributed by atoms with Crippen molar-refractivity contribution >= 4 is 17.7 Å². The van der Waals surface area contributed by atoms with Gasteiger partial charge in [0.1, 0.15) is 0 Å². The van der Waals surface area contributed by atoms with Gasteiger partial charge in [0.05, 0.1) is 19.0 Å². The molecule has 0 N–H and O–H groups in total. The Morgan fingerprint density at radius 3 is 2.82 bits per heavy atom. The zero-order valence-electron chi connectivity index (χ0n) is 6.96. The van der Waals surface area contributed by atoms with Gasteiger partial charge in [-0.05, 0) is 6.92 Å². The van der Waals surface area contributed by atoms with Gasteiger partial charge in [-0.2, -0.15) is 0 Å². The lowest BCUT2D eigenvalue weighted by atomic mass is 10.8. The standard InChI is InChI=1S/C7H14O3S/c1-3-10-7(8)6-11-5-4-9-2/h3-6H2,1-2H3. The van der Waals surface area contributed by atoms with Crippen molar-refractivity contribution < 1.29 is 14.3 Å². The van der Waals surface area contributed by atoms with Crippen molar-refractivity contribution in [3.05, 3.63) is 0 Å². The number of hydrogen-bond acceptors (Lipinski definition) is 4. The zero-order valence-corrected chi connectivity index (χ0v) is 7.78. The Labute approximate surface area is 71.4 Å². The lowest BCUT2D eigenvalue weighted by Gasteiger charge is -2.00. The number of carbonyl (C=O) groups is 1. The Hall–Kier alpha value is -0.220. The van der Waals surface area contributed by atoms with Crippen molar-refractivity contribution in [1.29, 1.82) is 0 Å². The molecule has 0 aromatic rings. The average molecular weight is 178 g/mol. The molecule has 66 valence electrons. The molecule has 0 heterocycles. The molecule has 0 aliphatic rings. The second-order valence-electron chi connectivity index (χ2n) is 1.85. The summed E-state index contributed by atoms with van der Waals surface area (Å²) in [4.78, 5) is 10.7. The monoisotopic (exact) mass is 178 g/mol. The van der Waals surface area contributed by atoms with E-state index in [9.17, 15) is 4.79 Å². The molecule has 0 aromatic heterocycles. The zero-order chi connectivity index (χ0) is 8.53. The minimum atomic E-state index is -0.145. The first-order chi connectivity index (χ1) is 5.31. The van der Waals surface area contributed by atoms with Gasteiger partial charge in [-0.3, -0.25) is 4.79 Å². The largest absolute Gasteiger partial charge is 0.465 e. The van der Waals surface area contributed by atoms with E-state index in [1.54, 1.807) is 14.0 Å². The van der Waals surface area contributed by atoms with Gasteiger partial charge in [0.25, 0.3) is 0 Å². The van der Waals surface area contributed by atoms with Crippen molar-refractivity contribution in [2.75, 3.05) is 31.8 Å². The van der Waals surface area contributed by atoms with E-state index in [1.807, 2.05) is 0 Å². The van der Waals surface area contributed by atoms with E-state index >= 15 is 0 Å². The summed E-state index contributed by atoms with van der Waals surface area (Å²) < 4.78 is 9.53. The van der Waals surface area contributed by atoms with E-state index < -0.39 is 0 Å². The fraction of sp³-hybridized carbons (Fsp3) is 0.857. The van der Waals surface area contributed by atoms with Crippen LogP contribution in [0.5, 0.6) is 0 Å². The molecule has 0 saturated heterocycles. The van der Waals surface area contributed by atoms with Gasteiger partial charge in [0.2, 0.25) is 0 Å². The maximum Gasteiger partial charge on any atom is 0.315 e. The second kappa shape index (κ2) is 7.88. The van der Waals surface area contributed by atoms with Crippen LogP contribution in [0.4, 0.5) is 0 Å². The van der Waals surface area contributed by atoms with E-state index in [2.05, 4.69) is 0 Å². The van der Waals surface area contributed by atoms with Crippen LogP contribution in [0.1, 0.15) is 6.92 Å². The molecule has 11 heavy (non-hydrogen) atoms.